The van der Waals surface area contributed by atoms with Gasteiger partial charge in [-0.15, -0.1) is 11.6 Å². The predicted molar refractivity (Wildman–Crippen MR) is 148 cm³/mol. The number of likely N-dealkylation sites (tertiary alicyclic amines) is 1. The molecule has 3 fully saturated rings. The zero-order valence-electron chi connectivity index (χ0n) is 22.2. The SMILES string of the molecule is CC(C)C[C@H](NC(=O)c1ccc(-c2nc(N3CCN(C)CC3)sc2F)cc1)C(=O)N1C[C@@H](Cl)[C@H]2OCC(=O)[C@H]21. The number of alkyl halides is 1. The molecule has 0 aliphatic carbocycles. The highest BCUT2D eigenvalue weighted by Gasteiger charge is 2.52. The summed E-state index contributed by atoms with van der Waals surface area (Å²) in [5.74, 6) is -0.826. The van der Waals surface area contributed by atoms with E-state index < -0.39 is 29.5 Å². The Morgan fingerprint density at radius 2 is 1.90 bits per heavy atom. The van der Waals surface area contributed by atoms with Crippen molar-refractivity contribution in [2.24, 2.45) is 5.92 Å². The van der Waals surface area contributed by atoms with Crippen LogP contribution in [0.1, 0.15) is 30.6 Å². The molecule has 3 aliphatic rings. The van der Waals surface area contributed by atoms with Crippen molar-refractivity contribution in [2.45, 2.75) is 43.8 Å². The van der Waals surface area contributed by atoms with Gasteiger partial charge >= 0.3 is 0 Å². The first-order valence-electron chi connectivity index (χ1n) is 13.2. The Balaban J connectivity index is 1.28. The van der Waals surface area contributed by atoms with Crippen molar-refractivity contribution in [1.82, 2.24) is 20.1 Å². The van der Waals surface area contributed by atoms with E-state index in [1.54, 1.807) is 24.3 Å². The minimum absolute atomic E-state index is 0.0632. The Kier molecular flexibility index (Phi) is 8.23. The molecule has 2 amide bonds. The van der Waals surface area contributed by atoms with Crippen LogP contribution in [0.2, 0.25) is 0 Å². The van der Waals surface area contributed by atoms with Crippen molar-refractivity contribution in [2.75, 3.05) is 51.3 Å². The maximum absolute atomic E-state index is 14.8. The fourth-order valence-electron chi connectivity index (χ4n) is 5.34. The summed E-state index contributed by atoms with van der Waals surface area (Å²) in [5, 5.41) is 2.66. The summed E-state index contributed by atoms with van der Waals surface area (Å²) >= 11 is 7.39. The number of nitrogens with zero attached hydrogens (tertiary/aromatic N) is 4. The number of likely N-dealkylation sites (N-methyl/N-ethyl adjacent to an activating group) is 1. The number of piperazine rings is 1. The van der Waals surface area contributed by atoms with Crippen LogP contribution in [0.5, 0.6) is 0 Å². The lowest BCUT2D eigenvalue weighted by Gasteiger charge is -2.31. The minimum Gasteiger partial charge on any atom is -0.366 e. The average molecular weight is 578 g/mol. The third kappa shape index (κ3) is 5.82. The summed E-state index contributed by atoms with van der Waals surface area (Å²) in [6, 6.07) is 5.00. The molecule has 0 bridgehead atoms. The molecule has 0 saturated carbocycles. The minimum atomic E-state index is -0.824. The highest BCUT2D eigenvalue weighted by molar-refractivity contribution is 7.14. The number of hydrogen-bond acceptors (Lipinski definition) is 8. The lowest BCUT2D eigenvalue weighted by Crippen LogP contribution is -2.52. The first-order chi connectivity index (χ1) is 18.6. The average Bonchev–Trinajstić information content (AvgIpc) is 3.58. The zero-order chi connectivity index (χ0) is 27.8. The second kappa shape index (κ2) is 11.5. The van der Waals surface area contributed by atoms with E-state index in [0.717, 1.165) is 37.5 Å². The molecule has 1 aromatic carbocycles. The van der Waals surface area contributed by atoms with Gasteiger partial charge in [-0.1, -0.05) is 37.3 Å². The van der Waals surface area contributed by atoms with E-state index >= 15 is 0 Å². The number of aromatic nitrogens is 1. The molecule has 3 saturated heterocycles. The van der Waals surface area contributed by atoms with E-state index in [1.165, 1.54) is 4.90 Å². The number of fused-ring (bicyclic) bond motifs is 1. The molecule has 0 unspecified atom stereocenters. The van der Waals surface area contributed by atoms with Crippen LogP contribution in [0.15, 0.2) is 24.3 Å². The number of anilines is 1. The molecule has 1 aromatic heterocycles. The van der Waals surface area contributed by atoms with Gasteiger partial charge in [-0.25, -0.2) is 4.98 Å². The van der Waals surface area contributed by atoms with Crippen LogP contribution in [0.3, 0.4) is 0 Å². The van der Waals surface area contributed by atoms with Gasteiger partial charge in [0.1, 0.15) is 30.5 Å². The molecule has 1 N–H and O–H groups in total. The maximum Gasteiger partial charge on any atom is 0.251 e. The summed E-state index contributed by atoms with van der Waals surface area (Å²) in [5.41, 5.74) is 1.17. The Labute approximate surface area is 236 Å². The maximum atomic E-state index is 14.8. The monoisotopic (exact) mass is 577 g/mol. The van der Waals surface area contributed by atoms with Gasteiger partial charge in [-0.05, 0) is 31.5 Å². The molecular weight excluding hydrogens is 545 g/mol. The summed E-state index contributed by atoms with van der Waals surface area (Å²) in [7, 11) is 2.06. The Morgan fingerprint density at radius 1 is 1.21 bits per heavy atom. The van der Waals surface area contributed by atoms with E-state index in [1.807, 2.05) is 13.8 Å². The van der Waals surface area contributed by atoms with E-state index in [4.69, 9.17) is 16.3 Å². The highest BCUT2D eigenvalue weighted by Crippen LogP contribution is 2.33. The number of Topliss-reactive ketones (excluding diaryl/α,β-unsaturated/α-hetero) is 1. The van der Waals surface area contributed by atoms with Gasteiger partial charge in [0.15, 0.2) is 10.9 Å². The largest absolute Gasteiger partial charge is 0.366 e. The van der Waals surface area contributed by atoms with Crippen LogP contribution in [0.25, 0.3) is 11.3 Å². The van der Waals surface area contributed by atoms with Crippen molar-refractivity contribution in [3.8, 4) is 11.3 Å². The standard InChI is InChI=1S/C27H33ClFN5O4S/c1-15(2)12-19(26(37)34-13-18(28)23-22(34)20(35)14-38-23)30-25(36)17-6-4-16(5-7-17)21-24(29)39-27(31-21)33-10-8-32(3)9-11-33/h4-7,15,18-19,22-23H,8-14H2,1-3H3,(H,30,36)/t18-,19+,22-,23-/m1/s1. The lowest BCUT2D eigenvalue weighted by molar-refractivity contribution is -0.138. The Morgan fingerprint density at radius 3 is 2.56 bits per heavy atom. The third-order valence-electron chi connectivity index (χ3n) is 7.48. The number of halogens is 2. The number of ketones is 1. The molecule has 0 spiro atoms. The molecule has 12 heteroatoms. The quantitative estimate of drug-likeness (QED) is 0.506. The van der Waals surface area contributed by atoms with Crippen molar-refractivity contribution in [1.29, 1.82) is 0 Å². The van der Waals surface area contributed by atoms with Gasteiger partial charge in [0, 0.05) is 43.9 Å². The molecule has 3 aliphatic heterocycles. The van der Waals surface area contributed by atoms with Gasteiger partial charge in [-0.3, -0.25) is 14.4 Å². The normalized spacial score (nSPS) is 24.4. The number of carbonyl (C=O) groups is 3. The number of hydrogen-bond donors (Lipinski definition) is 1. The summed E-state index contributed by atoms with van der Waals surface area (Å²) < 4.78 is 20.3. The number of ether oxygens (including phenoxy) is 1. The number of rotatable bonds is 7. The van der Waals surface area contributed by atoms with Crippen LogP contribution in [-0.4, -0.2) is 102 Å². The second-order valence-corrected chi connectivity index (χ2v) is 12.3. The number of benzene rings is 1. The number of amides is 2. The number of carbonyl (C=O) groups excluding carboxylic acids is 3. The first kappa shape index (κ1) is 27.9. The fourth-order valence-corrected chi connectivity index (χ4v) is 6.57. The molecule has 0 radical (unpaired) electrons. The topological polar surface area (TPSA) is 95.1 Å². The van der Waals surface area contributed by atoms with Gasteiger partial charge in [0.25, 0.3) is 5.91 Å². The van der Waals surface area contributed by atoms with Crippen LogP contribution < -0.4 is 10.2 Å². The molecule has 4 heterocycles. The molecule has 39 heavy (non-hydrogen) atoms. The van der Waals surface area contributed by atoms with Gasteiger partial charge < -0.3 is 24.8 Å². The summed E-state index contributed by atoms with van der Waals surface area (Å²) in [6.07, 6.45) is -0.119. The van der Waals surface area contributed by atoms with Gasteiger partial charge in [-0.2, -0.15) is 4.39 Å². The second-order valence-electron chi connectivity index (χ2n) is 10.8. The van der Waals surface area contributed by atoms with E-state index in [0.29, 0.717) is 22.7 Å². The van der Waals surface area contributed by atoms with Gasteiger partial charge in [0.05, 0.1) is 5.38 Å². The summed E-state index contributed by atoms with van der Waals surface area (Å²) in [4.78, 5) is 49.4. The molecular formula is C27H33ClFN5O4S. The van der Waals surface area contributed by atoms with Crippen molar-refractivity contribution >= 4 is 45.7 Å². The van der Waals surface area contributed by atoms with E-state index in [9.17, 15) is 18.8 Å². The van der Waals surface area contributed by atoms with Crippen molar-refractivity contribution in [3.63, 3.8) is 0 Å². The molecule has 5 rings (SSSR count). The van der Waals surface area contributed by atoms with Crippen LogP contribution in [0, 0.1) is 11.0 Å². The van der Waals surface area contributed by atoms with Crippen molar-refractivity contribution < 1.29 is 23.5 Å². The van der Waals surface area contributed by atoms with E-state index in [-0.39, 0.29) is 41.6 Å². The van der Waals surface area contributed by atoms with Gasteiger partial charge in [0.2, 0.25) is 11.0 Å². The smallest absolute Gasteiger partial charge is 0.251 e. The van der Waals surface area contributed by atoms with E-state index in [2.05, 4.69) is 27.1 Å². The molecule has 2 aromatic rings. The molecule has 9 nitrogen and oxygen atoms in total. The lowest BCUT2D eigenvalue weighted by atomic mass is 10.0. The third-order valence-corrected chi connectivity index (χ3v) is 8.78. The Hall–Kier alpha value is -2.60. The first-order valence-corrected chi connectivity index (χ1v) is 14.5. The fraction of sp³-hybridized carbons (Fsp3) is 0.556. The summed E-state index contributed by atoms with van der Waals surface area (Å²) in [6.45, 7) is 7.43. The molecule has 210 valence electrons. The van der Waals surface area contributed by atoms with Crippen molar-refractivity contribution in [3.05, 3.63) is 35.0 Å². The Bertz CT molecular complexity index is 1230. The number of nitrogens with one attached hydrogen (secondary N) is 1. The van der Waals surface area contributed by atoms with Crippen LogP contribution in [0.4, 0.5) is 9.52 Å². The van der Waals surface area contributed by atoms with Crippen LogP contribution >= 0.6 is 22.9 Å². The highest BCUT2D eigenvalue weighted by atomic mass is 35.5. The van der Waals surface area contributed by atoms with Crippen LogP contribution in [-0.2, 0) is 14.3 Å². The predicted octanol–water partition coefficient (Wildman–Crippen LogP) is 2.63. The molecule has 4 atom stereocenters. The number of thiazole rings is 1. The zero-order valence-corrected chi connectivity index (χ0v) is 23.8.